The second-order valence-corrected chi connectivity index (χ2v) is 4.93. The van der Waals surface area contributed by atoms with Crippen molar-refractivity contribution >= 4 is 50.7 Å². The molecule has 4 heteroatoms. The molecule has 3 aromatic rings. The maximum Gasteiger partial charge on any atom is 0.0745 e. The maximum absolute atomic E-state index is 6.05. The Morgan fingerprint density at radius 2 is 1.61 bits per heavy atom. The minimum Gasteiger partial charge on any atom is -0.387 e. The van der Waals surface area contributed by atoms with E-state index in [4.69, 9.17) is 23.2 Å². The maximum atomic E-state index is 6.05. The number of rotatable bonds is 1. The Morgan fingerprint density at radius 3 is 2.39 bits per heavy atom. The second-order valence-electron chi connectivity index (χ2n) is 4.06. The van der Waals surface area contributed by atoms with Crippen LogP contribution in [0, 0.1) is 0 Å². The van der Waals surface area contributed by atoms with E-state index in [-0.39, 0.29) is 0 Å². The molecule has 1 heterocycles. The molecule has 2 nitrogen and oxygen atoms in total. The van der Waals surface area contributed by atoms with Gasteiger partial charge in [0.15, 0.2) is 0 Å². The molecule has 0 spiro atoms. The third-order valence-corrected chi connectivity index (χ3v) is 3.42. The van der Waals surface area contributed by atoms with Crippen LogP contribution >= 0.6 is 23.2 Å². The average Bonchev–Trinajstić information content (AvgIpc) is 2.36. The zero-order chi connectivity index (χ0) is 12.7. The van der Waals surface area contributed by atoms with Crippen LogP contribution in [0.25, 0.3) is 21.8 Å². The van der Waals surface area contributed by atoms with Crippen molar-refractivity contribution in [3.8, 4) is 0 Å². The Labute approximate surface area is 115 Å². The summed E-state index contributed by atoms with van der Waals surface area (Å²) in [5, 5.41) is 6.66. The van der Waals surface area contributed by atoms with Gasteiger partial charge in [0.05, 0.1) is 16.7 Å². The van der Waals surface area contributed by atoms with E-state index in [1.807, 2.05) is 43.4 Å². The molecule has 0 radical (unpaired) electrons. The molecule has 90 valence electrons. The number of aromatic nitrogens is 1. The van der Waals surface area contributed by atoms with Crippen molar-refractivity contribution in [3.63, 3.8) is 0 Å². The zero-order valence-corrected chi connectivity index (χ0v) is 11.2. The van der Waals surface area contributed by atoms with E-state index >= 15 is 0 Å². The predicted molar refractivity (Wildman–Crippen MR) is 78.8 cm³/mol. The summed E-state index contributed by atoms with van der Waals surface area (Å²) >= 11 is 12.1. The average molecular weight is 277 g/mol. The molecule has 0 bridgehead atoms. The number of nitrogens with zero attached hydrogens (tertiary/aromatic N) is 1. The molecule has 1 aromatic heterocycles. The van der Waals surface area contributed by atoms with Crippen LogP contribution in [-0.4, -0.2) is 12.0 Å². The number of nitrogens with one attached hydrogen (secondary N) is 1. The fourth-order valence-corrected chi connectivity index (χ4v) is 2.50. The van der Waals surface area contributed by atoms with Gasteiger partial charge in [-0.15, -0.1) is 0 Å². The van der Waals surface area contributed by atoms with Crippen molar-refractivity contribution in [2.24, 2.45) is 0 Å². The van der Waals surface area contributed by atoms with E-state index < -0.39 is 0 Å². The standard InChI is InChI=1S/C14H10Cl2N2/c1-17-14-10-4-2-9(16)7-13(10)18-12-5-3-8(15)6-11(12)14/h2-7H,1H3,(H,17,18). The molecule has 0 amide bonds. The van der Waals surface area contributed by atoms with E-state index in [1.165, 1.54) is 0 Å². The van der Waals surface area contributed by atoms with Crippen LogP contribution < -0.4 is 5.32 Å². The first-order valence-electron chi connectivity index (χ1n) is 5.55. The number of halogens is 2. The monoisotopic (exact) mass is 276 g/mol. The van der Waals surface area contributed by atoms with Gasteiger partial charge in [-0.1, -0.05) is 23.2 Å². The molecular formula is C14H10Cl2N2. The van der Waals surface area contributed by atoms with Crippen LogP contribution in [0.1, 0.15) is 0 Å². The SMILES string of the molecule is CNc1c2ccc(Cl)cc2nc2ccc(Cl)cc12. The molecule has 0 aliphatic heterocycles. The van der Waals surface area contributed by atoms with Gasteiger partial charge in [0.1, 0.15) is 0 Å². The lowest BCUT2D eigenvalue weighted by atomic mass is 10.1. The highest BCUT2D eigenvalue weighted by atomic mass is 35.5. The largest absolute Gasteiger partial charge is 0.387 e. The minimum atomic E-state index is 0.686. The third kappa shape index (κ3) is 1.78. The highest BCUT2D eigenvalue weighted by molar-refractivity contribution is 6.32. The number of anilines is 1. The van der Waals surface area contributed by atoms with Gasteiger partial charge in [0, 0.05) is 27.9 Å². The van der Waals surface area contributed by atoms with Gasteiger partial charge >= 0.3 is 0 Å². The Balaban J connectivity index is 2.52. The first-order valence-corrected chi connectivity index (χ1v) is 6.31. The Kier molecular flexibility index (Phi) is 2.77. The zero-order valence-electron chi connectivity index (χ0n) is 9.67. The number of hydrogen-bond donors (Lipinski definition) is 1. The van der Waals surface area contributed by atoms with Crippen molar-refractivity contribution in [1.29, 1.82) is 0 Å². The lowest BCUT2D eigenvalue weighted by Crippen LogP contribution is -1.94. The Morgan fingerprint density at radius 1 is 0.889 bits per heavy atom. The lowest BCUT2D eigenvalue weighted by Gasteiger charge is -2.10. The van der Waals surface area contributed by atoms with Crippen LogP contribution in [-0.2, 0) is 0 Å². The van der Waals surface area contributed by atoms with Crippen LogP contribution in [0.2, 0.25) is 10.0 Å². The van der Waals surface area contributed by atoms with Crippen molar-refractivity contribution < 1.29 is 0 Å². The summed E-state index contributed by atoms with van der Waals surface area (Å²) in [5.41, 5.74) is 2.80. The molecule has 1 N–H and O–H groups in total. The summed E-state index contributed by atoms with van der Waals surface area (Å²) in [6, 6.07) is 11.4. The first-order chi connectivity index (χ1) is 8.69. The lowest BCUT2D eigenvalue weighted by molar-refractivity contribution is 1.47. The molecule has 0 saturated heterocycles. The summed E-state index contributed by atoms with van der Waals surface area (Å²) in [6.07, 6.45) is 0. The van der Waals surface area contributed by atoms with Crippen molar-refractivity contribution in [2.75, 3.05) is 12.4 Å². The summed E-state index contributed by atoms with van der Waals surface area (Å²) in [6.45, 7) is 0. The van der Waals surface area contributed by atoms with Gasteiger partial charge in [-0.05, 0) is 36.4 Å². The fourth-order valence-electron chi connectivity index (χ4n) is 2.16. The van der Waals surface area contributed by atoms with E-state index in [2.05, 4.69) is 10.3 Å². The van der Waals surface area contributed by atoms with Crippen LogP contribution in [0.5, 0.6) is 0 Å². The van der Waals surface area contributed by atoms with Gasteiger partial charge in [-0.3, -0.25) is 0 Å². The molecule has 0 atom stereocenters. The quantitative estimate of drug-likeness (QED) is 0.650. The minimum absolute atomic E-state index is 0.686. The van der Waals surface area contributed by atoms with Crippen LogP contribution in [0.3, 0.4) is 0 Å². The molecule has 3 rings (SSSR count). The van der Waals surface area contributed by atoms with Gasteiger partial charge in [0.25, 0.3) is 0 Å². The molecule has 0 saturated carbocycles. The van der Waals surface area contributed by atoms with Gasteiger partial charge in [-0.25, -0.2) is 4.98 Å². The van der Waals surface area contributed by atoms with Crippen molar-refractivity contribution in [3.05, 3.63) is 46.4 Å². The van der Waals surface area contributed by atoms with Crippen molar-refractivity contribution in [1.82, 2.24) is 4.98 Å². The van der Waals surface area contributed by atoms with Crippen LogP contribution in [0.4, 0.5) is 5.69 Å². The number of pyridine rings is 1. The van der Waals surface area contributed by atoms with Gasteiger partial charge < -0.3 is 5.32 Å². The predicted octanol–water partition coefficient (Wildman–Crippen LogP) is 4.74. The topological polar surface area (TPSA) is 24.9 Å². The van der Waals surface area contributed by atoms with Gasteiger partial charge in [0.2, 0.25) is 0 Å². The highest BCUT2D eigenvalue weighted by Gasteiger charge is 2.08. The smallest absolute Gasteiger partial charge is 0.0745 e. The van der Waals surface area contributed by atoms with E-state index in [9.17, 15) is 0 Å². The number of fused-ring (bicyclic) bond motifs is 2. The molecule has 0 aliphatic carbocycles. The van der Waals surface area contributed by atoms with E-state index in [0.29, 0.717) is 10.0 Å². The van der Waals surface area contributed by atoms with Crippen molar-refractivity contribution in [2.45, 2.75) is 0 Å². The molecule has 0 aliphatic rings. The molecule has 0 unspecified atom stereocenters. The normalized spacial score (nSPS) is 11.1. The number of hydrogen-bond acceptors (Lipinski definition) is 2. The first kappa shape index (κ1) is 11.6. The molecule has 2 aromatic carbocycles. The van der Waals surface area contributed by atoms with Crippen LogP contribution in [0.15, 0.2) is 36.4 Å². The summed E-state index contributed by atoms with van der Waals surface area (Å²) in [4.78, 5) is 4.61. The number of benzene rings is 2. The Bertz CT molecular complexity index is 753. The molecular weight excluding hydrogens is 267 g/mol. The summed E-state index contributed by atoms with van der Waals surface area (Å²) in [7, 11) is 1.89. The highest BCUT2D eigenvalue weighted by Crippen LogP contribution is 2.33. The van der Waals surface area contributed by atoms with Gasteiger partial charge in [-0.2, -0.15) is 0 Å². The molecule has 18 heavy (non-hydrogen) atoms. The fraction of sp³-hybridized carbons (Fsp3) is 0.0714. The third-order valence-electron chi connectivity index (χ3n) is 2.95. The van der Waals surface area contributed by atoms with E-state index in [0.717, 1.165) is 27.5 Å². The Hall–Kier alpha value is -1.51. The summed E-state index contributed by atoms with van der Waals surface area (Å²) < 4.78 is 0. The van der Waals surface area contributed by atoms with E-state index in [1.54, 1.807) is 0 Å². The molecule has 0 fully saturated rings. The second kappa shape index (κ2) is 4.30. The summed E-state index contributed by atoms with van der Waals surface area (Å²) in [5.74, 6) is 0.